The number of ether oxygens (including phenoxy) is 1. The highest BCUT2D eigenvalue weighted by molar-refractivity contribution is 7.22. The molecule has 5 fully saturated rings. The van der Waals surface area contributed by atoms with Gasteiger partial charge in [0.25, 0.3) is 0 Å². The van der Waals surface area contributed by atoms with Crippen LogP contribution in [-0.4, -0.2) is 142 Å². The maximum Gasteiger partial charge on any atom is 0.355 e. The zero-order valence-electron chi connectivity index (χ0n) is 62.0. The van der Waals surface area contributed by atoms with Crippen molar-refractivity contribution in [3.8, 4) is 21.6 Å². The van der Waals surface area contributed by atoms with Crippen LogP contribution in [0.25, 0.3) is 31.8 Å². The Morgan fingerprint density at radius 1 is 0.794 bits per heavy atom. The normalized spacial score (nSPS) is 22.9. The number of unbranched alkanes of at least 4 members (excludes halogenated alkanes) is 12. The monoisotopic (exact) mass is 1430 g/mol. The van der Waals surface area contributed by atoms with Crippen LogP contribution in [0.1, 0.15) is 227 Å². The van der Waals surface area contributed by atoms with Gasteiger partial charge in [-0.2, -0.15) is 5.10 Å². The minimum atomic E-state index is -1.08. The SMILES string of the molecule is Cc1ncsc1-c1ccc([C@H](C)NC(=O)[C@@H]2C[C@@H](O)CN2C(=O)[C@@H](NC(=O)CCCCCCCCCCCCCCCN(C)CCOC23CC4(C)CC(C)(CC(Cn5ncc(-c6ccc(N7CCCc8c7nnc(Nc7nc9ccccc9s7)c8C)nc6C(=O)O)c5C)(C4)C2)C3)C(C)(C)C)cc1. The van der Waals surface area contributed by atoms with Crippen LogP contribution in [0, 0.1) is 42.4 Å². The van der Waals surface area contributed by atoms with Gasteiger partial charge < -0.3 is 45.6 Å². The van der Waals surface area contributed by atoms with E-state index < -0.39 is 29.6 Å². The maximum atomic E-state index is 14.2. The Balaban J connectivity index is 0.525. The van der Waals surface area contributed by atoms with Crippen LogP contribution < -0.4 is 20.9 Å². The summed E-state index contributed by atoms with van der Waals surface area (Å²) in [5.41, 5.74) is 9.70. The number of aliphatic hydroxyl groups is 1. The van der Waals surface area contributed by atoms with Crippen LogP contribution in [0.15, 0.2) is 72.4 Å². The Morgan fingerprint density at radius 2 is 1.48 bits per heavy atom. The Kier molecular flexibility index (Phi) is 23.1. The van der Waals surface area contributed by atoms with Gasteiger partial charge in [-0.25, -0.2) is 19.7 Å². The van der Waals surface area contributed by atoms with Gasteiger partial charge in [-0.15, -0.1) is 21.5 Å². The summed E-state index contributed by atoms with van der Waals surface area (Å²) in [6.07, 6.45) is 25.1. The van der Waals surface area contributed by atoms with Crippen LogP contribution in [-0.2, 0) is 32.1 Å². The van der Waals surface area contributed by atoms with Gasteiger partial charge in [0.05, 0.1) is 56.8 Å². The zero-order chi connectivity index (χ0) is 72.1. The van der Waals surface area contributed by atoms with Crippen LogP contribution in [0.4, 0.5) is 22.6 Å². The fraction of sp³-hybridized carbons (Fsp3) is 0.600. The molecule has 3 amide bonds. The highest BCUT2D eigenvalue weighted by Crippen LogP contribution is 2.72. The second-order valence-electron chi connectivity index (χ2n) is 32.8. The molecule has 13 rings (SSSR count). The number of carbonyl (C=O) groups is 4. The number of aromatic nitrogens is 7. The van der Waals surface area contributed by atoms with Crippen molar-refractivity contribution in [1.29, 1.82) is 0 Å². The van der Waals surface area contributed by atoms with Crippen molar-refractivity contribution in [2.45, 2.75) is 246 Å². The zero-order valence-corrected chi connectivity index (χ0v) is 63.6. The molecule has 1 saturated heterocycles. The predicted molar refractivity (Wildman–Crippen MR) is 406 cm³/mol. The van der Waals surface area contributed by atoms with Gasteiger partial charge >= 0.3 is 5.97 Å². The summed E-state index contributed by atoms with van der Waals surface area (Å²) in [6.45, 7) is 23.0. The molecule has 7 heterocycles. The number of carboxylic acids is 1. The quantitative estimate of drug-likeness (QED) is 0.0240. The molecule has 2 aromatic carbocycles. The topological polar surface area (TPSA) is 246 Å². The molecule has 22 heteroatoms. The van der Waals surface area contributed by atoms with Crippen LogP contribution >= 0.6 is 22.7 Å². The number of aliphatic hydroxyl groups excluding tert-OH is 1. The summed E-state index contributed by atoms with van der Waals surface area (Å²) < 4.78 is 10.4. The molecule has 0 radical (unpaired) electrons. The second-order valence-corrected chi connectivity index (χ2v) is 34.6. The largest absolute Gasteiger partial charge is 0.476 e. The van der Waals surface area contributed by atoms with E-state index in [1.807, 2.05) is 106 Å². The van der Waals surface area contributed by atoms with Gasteiger partial charge in [0.2, 0.25) is 17.7 Å². The summed E-state index contributed by atoms with van der Waals surface area (Å²) >= 11 is 3.17. The number of hydrogen-bond acceptors (Lipinski definition) is 17. The molecule has 2 aliphatic heterocycles. The average molecular weight is 1430 g/mol. The lowest BCUT2D eigenvalue weighted by Gasteiger charge is -2.69. The fourth-order valence-electron chi connectivity index (χ4n) is 18.7. The lowest BCUT2D eigenvalue weighted by atomic mass is 9.39. The number of aryl methyl sites for hydroxylation is 1. The van der Waals surface area contributed by atoms with Gasteiger partial charge in [0.15, 0.2) is 22.5 Å². The molecule has 548 valence electrons. The second kappa shape index (κ2) is 31.6. The number of benzene rings is 2. The molecule has 5 aromatic heterocycles. The number of nitrogens with one attached hydrogen (secondary N) is 3. The standard InChI is InChI=1S/C80H109N13O7S2/c1-52-59-27-26-38-91(71(59)89-88-70(52)87-75-84-62-28-23-24-29-64(62)102-75)65-36-35-60(67(85-65)74(98)99)61-42-82-93(55(61)4)50-79-45-77(8)44-78(9,46-79)48-80(47-77,49-79)100-40-39-90(10)37-25-21-19-17-15-13-11-12-14-16-18-20-22-30-66(95)86-69(76(5,6)7)73(97)92-43-58(94)41-63(92)72(96)83-53(2)56-31-33-57(34-32-56)68-54(3)81-51-101-68/h23-24,28-29,31-36,42,51,53,58,63,69,94H,11-22,25-27,30,37-41,43-50H2,1-10H3,(H,83,96)(H,86,95)(H,98,99)(H,84,87,88)/t53-,58+,63-,69+,77?,78?,79?,80?/m0/s1. The van der Waals surface area contributed by atoms with Crippen LogP contribution in [0.2, 0.25) is 0 Å². The van der Waals surface area contributed by atoms with Crippen molar-refractivity contribution >= 4 is 79.2 Å². The Labute approximate surface area is 611 Å². The fourth-order valence-corrected chi connectivity index (χ4v) is 20.3. The van der Waals surface area contributed by atoms with E-state index in [1.165, 1.54) is 69.1 Å². The molecule has 5 N–H and O–H groups in total. The summed E-state index contributed by atoms with van der Waals surface area (Å²) in [7, 11) is 2.24. The number of likely N-dealkylation sites (N-methyl/N-ethyl adjacent to an activating group) is 1. The number of amides is 3. The maximum absolute atomic E-state index is 14.2. The Hall–Kier alpha value is -7.24. The van der Waals surface area contributed by atoms with Crippen molar-refractivity contribution in [1.82, 2.24) is 55.4 Å². The third-order valence-corrected chi connectivity index (χ3v) is 24.6. The van der Waals surface area contributed by atoms with Gasteiger partial charge in [0.1, 0.15) is 17.9 Å². The number of rotatable bonds is 33. The molecule has 4 bridgehead atoms. The summed E-state index contributed by atoms with van der Waals surface area (Å²) in [6, 6.07) is 17.9. The third kappa shape index (κ3) is 17.3. The van der Waals surface area contributed by atoms with Gasteiger partial charge in [-0.1, -0.05) is 153 Å². The molecule has 2 unspecified atom stereocenters. The molecular weight excluding hydrogens is 1320 g/mol. The number of carboxylic acid groups (broad SMARTS) is 1. The number of carbonyl (C=O) groups excluding carboxylic acids is 3. The number of likely N-dealkylation sites (tertiary alicyclic amines) is 1. The first-order valence-corrected chi connectivity index (χ1v) is 39.4. The van der Waals surface area contributed by atoms with Crippen LogP contribution in [0.5, 0.6) is 0 Å². The predicted octanol–water partition coefficient (Wildman–Crippen LogP) is 15.8. The van der Waals surface area contributed by atoms with Gasteiger partial charge in [-0.05, 0) is 163 Å². The summed E-state index contributed by atoms with van der Waals surface area (Å²) in [5.74, 6) is -0.0156. The minimum absolute atomic E-state index is 0.00478. The van der Waals surface area contributed by atoms with Crippen LogP contribution in [0.3, 0.4) is 0 Å². The number of β-amino-alcohol motifs (C(OH)–C–C–N with tert-alkyl or cyclic N) is 1. The first kappa shape index (κ1) is 74.5. The smallest absolute Gasteiger partial charge is 0.355 e. The molecule has 4 saturated carbocycles. The molecule has 7 aromatic rings. The summed E-state index contributed by atoms with van der Waals surface area (Å²) in [4.78, 5) is 75.5. The van der Waals surface area contributed by atoms with Crippen molar-refractivity contribution < 1.29 is 34.1 Å². The molecule has 20 nitrogen and oxygen atoms in total. The van der Waals surface area contributed by atoms with E-state index in [2.05, 4.69) is 76.4 Å². The number of fused-ring (bicyclic) bond motifs is 2. The Morgan fingerprint density at radius 3 is 2.15 bits per heavy atom. The number of aromatic carboxylic acids is 1. The third-order valence-electron chi connectivity index (χ3n) is 22.7. The lowest BCUT2D eigenvalue weighted by Crippen LogP contribution is -2.64. The van der Waals surface area contributed by atoms with Gasteiger partial charge in [-0.3, -0.25) is 19.1 Å². The van der Waals surface area contributed by atoms with Gasteiger partial charge in [0, 0.05) is 67.0 Å². The number of anilines is 4. The van der Waals surface area contributed by atoms with E-state index in [0.29, 0.717) is 36.0 Å². The molecule has 102 heavy (non-hydrogen) atoms. The Bertz CT molecular complexity index is 4050. The van der Waals surface area contributed by atoms with E-state index in [-0.39, 0.29) is 64.3 Å². The van der Waals surface area contributed by atoms with E-state index in [9.17, 15) is 29.4 Å². The van der Waals surface area contributed by atoms with E-state index in [4.69, 9.17) is 24.9 Å². The van der Waals surface area contributed by atoms with Crippen molar-refractivity contribution in [3.63, 3.8) is 0 Å². The average Bonchev–Trinajstić information content (AvgIpc) is 0.770. The molecule has 4 aliphatic carbocycles. The lowest BCUT2D eigenvalue weighted by molar-refractivity contribution is -0.248. The molecule has 0 spiro atoms. The first-order chi connectivity index (χ1) is 48.8. The van der Waals surface area contributed by atoms with Crippen molar-refractivity contribution in [2.75, 3.05) is 50.1 Å². The highest BCUT2D eigenvalue weighted by atomic mass is 32.1. The number of nitrogens with zero attached hydrogens (tertiary/aromatic N) is 10. The van der Waals surface area contributed by atoms with E-state index in [1.54, 1.807) is 22.7 Å². The van der Waals surface area contributed by atoms with E-state index >= 15 is 0 Å². The molecular formula is C80H109N13O7S2. The van der Waals surface area contributed by atoms with E-state index in [0.717, 1.165) is 156 Å². The molecule has 6 atom stereocenters. The highest BCUT2D eigenvalue weighted by Gasteiger charge is 2.66. The van der Waals surface area contributed by atoms with Crippen molar-refractivity contribution in [2.24, 2.45) is 21.7 Å². The number of hydrogen-bond donors (Lipinski definition) is 5. The first-order valence-electron chi connectivity index (χ1n) is 37.7. The summed E-state index contributed by atoms with van der Waals surface area (Å²) in [5, 5.41) is 46.1. The minimum Gasteiger partial charge on any atom is -0.476 e. The number of para-hydroxylation sites is 1. The number of pyridine rings is 1. The van der Waals surface area contributed by atoms with Crippen molar-refractivity contribution in [3.05, 3.63) is 106 Å². The number of thiazole rings is 2. The molecule has 6 aliphatic rings.